The van der Waals surface area contributed by atoms with E-state index in [4.69, 9.17) is 17.3 Å². The van der Waals surface area contributed by atoms with Crippen LogP contribution in [0.2, 0.25) is 5.02 Å². The van der Waals surface area contributed by atoms with Crippen LogP contribution in [0.3, 0.4) is 0 Å². The first-order valence-corrected chi connectivity index (χ1v) is 13.5. The van der Waals surface area contributed by atoms with Crippen LogP contribution in [-0.2, 0) is 36.3 Å². The maximum atomic E-state index is 13.5. The van der Waals surface area contributed by atoms with Crippen molar-refractivity contribution in [2.75, 3.05) is 6.54 Å². The monoisotopic (exact) mass is 569 g/mol. The maximum Gasteiger partial charge on any atom is 0.420 e. The third-order valence-corrected chi connectivity index (χ3v) is 9.82. The number of thiophene rings is 1. The van der Waals surface area contributed by atoms with Gasteiger partial charge in [-0.25, -0.2) is 8.42 Å². The van der Waals surface area contributed by atoms with Crippen molar-refractivity contribution in [2.45, 2.75) is 23.5 Å². The molecule has 0 atom stereocenters. The second kappa shape index (κ2) is 9.01. The average Bonchev–Trinajstić information content (AvgIpc) is 3.54. The summed E-state index contributed by atoms with van der Waals surface area (Å²) in [6, 6.07) is 11.7. The molecule has 0 bridgehead atoms. The van der Waals surface area contributed by atoms with Gasteiger partial charge in [0.05, 0.1) is 27.7 Å². The number of carbonyl (C=O) groups excluding carboxylic acids is 1. The van der Waals surface area contributed by atoms with Crippen LogP contribution in [0.4, 0.5) is 13.2 Å². The number of carbonyl (C=O) groups is 1. The van der Waals surface area contributed by atoms with E-state index in [9.17, 15) is 26.4 Å². The fraction of sp³-hybridized carbons (Fsp3) is 0.217. The van der Waals surface area contributed by atoms with Gasteiger partial charge in [0, 0.05) is 32.0 Å². The zero-order valence-corrected chi connectivity index (χ0v) is 21.5. The molecule has 4 heterocycles. The number of primary amides is 1. The molecule has 1 aromatic carbocycles. The minimum absolute atomic E-state index is 0.0376. The lowest BCUT2D eigenvalue weighted by Crippen LogP contribution is -2.38. The second-order valence-corrected chi connectivity index (χ2v) is 12.0. The molecule has 1 amide bonds. The lowest BCUT2D eigenvalue weighted by molar-refractivity contribution is -0.137. The van der Waals surface area contributed by atoms with Crippen LogP contribution in [0.15, 0.2) is 52.9 Å². The molecular weight excluding hydrogens is 551 g/mol. The number of alkyl halides is 3. The van der Waals surface area contributed by atoms with Crippen molar-refractivity contribution >= 4 is 38.9 Å². The summed E-state index contributed by atoms with van der Waals surface area (Å²) < 4.78 is 71.2. The van der Waals surface area contributed by atoms with Crippen molar-refractivity contribution in [3.8, 4) is 21.8 Å². The van der Waals surface area contributed by atoms with Crippen LogP contribution in [0, 0.1) is 0 Å². The van der Waals surface area contributed by atoms with Crippen molar-refractivity contribution in [2.24, 2.45) is 12.8 Å². The highest BCUT2D eigenvalue weighted by atomic mass is 35.5. The third kappa shape index (κ3) is 4.35. The second-order valence-electron chi connectivity index (χ2n) is 8.39. The van der Waals surface area contributed by atoms with Crippen molar-refractivity contribution in [3.63, 3.8) is 0 Å². The van der Waals surface area contributed by atoms with E-state index in [0.717, 1.165) is 16.4 Å². The fourth-order valence-corrected chi connectivity index (χ4v) is 7.69. The topological polar surface area (TPSA) is 103 Å². The molecule has 2 N–H and O–H groups in total. The molecular formula is C23H19ClF3N5O3S2. The summed E-state index contributed by atoms with van der Waals surface area (Å²) >= 11 is 7.26. The van der Waals surface area contributed by atoms with Crippen molar-refractivity contribution in [1.29, 1.82) is 0 Å². The van der Waals surface area contributed by atoms with E-state index in [2.05, 4.69) is 5.10 Å². The van der Waals surface area contributed by atoms with Gasteiger partial charge in [-0.3, -0.25) is 9.48 Å². The minimum atomic E-state index is -4.65. The Bertz CT molecular complexity index is 1620. The first kappa shape index (κ1) is 25.5. The summed E-state index contributed by atoms with van der Waals surface area (Å²) in [5, 5.41) is 4.03. The zero-order chi connectivity index (χ0) is 26.7. The van der Waals surface area contributed by atoms with Gasteiger partial charge in [0.2, 0.25) is 0 Å². The van der Waals surface area contributed by atoms with Gasteiger partial charge in [-0.05, 0) is 17.7 Å². The van der Waals surface area contributed by atoms with E-state index in [-0.39, 0.29) is 45.0 Å². The molecule has 0 saturated heterocycles. The van der Waals surface area contributed by atoms with E-state index in [1.165, 1.54) is 23.5 Å². The number of amides is 1. The largest absolute Gasteiger partial charge is 0.420 e. The Kier molecular flexibility index (Phi) is 6.21. The summed E-state index contributed by atoms with van der Waals surface area (Å²) in [5.41, 5.74) is 6.02. The molecule has 5 rings (SSSR count). The lowest BCUT2D eigenvalue weighted by Gasteiger charge is -2.29. The molecule has 3 aromatic heterocycles. The molecule has 37 heavy (non-hydrogen) atoms. The van der Waals surface area contributed by atoms with Crippen LogP contribution < -0.4 is 5.73 Å². The highest BCUT2D eigenvalue weighted by Crippen LogP contribution is 2.42. The summed E-state index contributed by atoms with van der Waals surface area (Å²) in [6.45, 7) is 0.0727. The molecule has 0 spiro atoms. The molecule has 4 aromatic rings. The van der Waals surface area contributed by atoms with Gasteiger partial charge in [-0.2, -0.15) is 22.6 Å². The predicted octanol–water partition coefficient (Wildman–Crippen LogP) is 4.59. The van der Waals surface area contributed by atoms with Gasteiger partial charge >= 0.3 is 6.18 Å². The minimum Gasteiger partial charge on any atom is -0.365 e. The highest BCUT2D eigenvalue weighted by molar-refractivity contribution is 7.91. The first-order chi connectivity index (χ1) is 17.4. The van der Waals surface area contributed by atoms with Crippen LogP contribution in [0.5, 0.6) is 0 Å². The number of halogens is 4. The third-order valence-electron chi connectivity index (χ3n) is 6.05. The smallest absolute Gasteiger partial charge is 0.365 e. The Balaban J connectivity index is 1.52. The van der Waals surface area contributed by atoms with Crippen LogP contribution >= 0.6 is 22.9 Å². The number of sulfonamides is 1. The number of fused-ring (bicyclic) bond motifs is 1. The van der Waals surface area contributed by atoms with Crippen LogP contribution in [0.25, 0.3) is 21.8 Å². The van der Waals surface area contributed by atoms with E-state index in [1.807, 2.05) is 30.3 Å². The van der Waals surface area contributed by atoms with Crippen molar-refractivity contribution < 1.29 is 26.4 Å². The standard InChI is InChI=1S/C23H19ClF3N5O3S2/c1-30-11-14(23(25,26)27)20(29-30)16-7-8-17(36-16)37(34,35)31-9-10-32-15(12-31)18(22(28)33)19(24)21(32)13-5-3-2-4-6-13/h2-8,11H,9-10,12H2,1H3,(H2,28,33). The number of aromatic nitrogens is 3. The number of aryl methyl sites for hydroxylation is 1. The van der Waals surface area contributed by atoms with Gasteiger partial charge < -0.3 is 10.3 Å². The Labute approximate surface area is 218 Å². The van der Waals surface area contributed by atoms with E-state index >= 15 is 0 Å². The molecule has 0 unspecified atom stereocenters. The molecule has 1 aliphatic heterocycles. The SMILES string of the molecule is Cn1cc(C(F)(F)F)c(-c2ccc(S(=O)(=O)N3CCn4c(c(C(N)=O)c(Cl)c4-c4ccccc4)C3)s2)n1. The van der Waals surface area contributed by atoms with Gasteiger partial charge in [0.15, 0.2) is 0 Å². The Morgan fingerprint density at radius 3 is 2.49 bits per heavy atom. The molecule has 8 nitrogen and oxygen atoms in total. The number of hydrogen-bond acceptors (Lipinski definition) is 5. The Morgan fingerprint density at radius 1 is 1.14 bits per heavy atom. The normalized spacial score (nSPS) is 14.6. The fourth-order valence-electron chi connectivity index (χ4n) is 4.43. The number of rotatable bonds is 5. The molecule has 0 aliphatic carbocycles. The molecule has 0 radical (unpaired) electrons. The van der Waals surface area contributed by atoms with E-state index in [1.54, 1.807) is 4.57 Å². The maximum absolute atomic E-state index is 13.5. The van der Waals surface area contributed by atoms with Crippen molar-refractivity contribution in [3.05, 3.63) is 70.5 Å². The van der Waals surface area contributed by atoms with Crippen LogP contribution in [-0.4, -0.2) is 39.5 Å². The van der Waals surface area contributed by atoms with E-state index < -0.39 is 27.7 Å². The van der Waals surface area contributed by atoms with Gasteiger partial charge in [0.1, 0.15) is 15.5 Å². The molecule has 0 saturated carbocycles. The molecule has 0 fully saturated rings. The summed E-state index contributed by atoms with van der Waals surface area (Å²) in [6.07, 6.45) is -3.80. The Hall–Kier alpha value is -3.13. The van der Waals surface area contributed by atoms with Crippen LogP contribution in [0.1, 0.15) is 21.6 Å². The molecule has 1 aliphatic rings. The number of hydrogen-bond donors (Lipinski definition) is 1. The van der Waals surface area contributed by atoms with Crippen molar-refractivity contribution in [1.82, 2.24) is 18.7 Å². The van der Waals surface area contributed by atoms with Gasteiger partial charge in [-0.15, -0.1) is 11.3 Å². The molecule has 14 heteroatoms. The highest BCUT2D eigenvalue weighted by Gasteiger charge is 2.38. The zero-order valence-electron chi connectivity index (χ0n) is 19.2. The molecule has 194 valence electrons. The average molecular weight is 570 g/mol. The number of benzene rings is 1. The lowest BCUT2D eigenvalue weighted by atomic mass is 10.1. The quantitative estimate of drug-likeness (QED) is 0.379. The van der Waals surface area contributed by atoms with Gasteiger partial charge in [-0.1, -0.05) is 41.9 Å². The summed E-state index contributed by atoms with van der Waals surface area (Å²) in [7, 11) is -2.76. The summed E-state index contributed by atoms with van der Waals surface area (Å²) in [5.74, 6) is -0.788. The number of nitrogens with two attached hydrogens (primary N) is 1. The summed E-state index contributed by atoms with van der Waals surface area (Å²) in [4.78, 5) is 12.4. The Morgan fingerprint density at radius 2 is 1.84 bits per heavy atom. The van der Waals surface area contributed by atoms with Gasteiger partial charge in [0.25, 0.3) is 15.9 Å². The predicted molar refractivity (Wildman–Crippen MR) is 133 cm³/mol. The van der Waals surface area contributed by atoms with E-state index in [0.29, 0.717) is 22.7 Å². The number of nitrogens with zero attached hydrogens (tertiary/aromatic N) is 4. The first-order valence-electron chi connectivity index (χ1n) is 10.9.